The molecule has 0 aliphatic carbocycles. The van der Waals surface area contributed by atoms with Gasteiger partial charge in [0, 0.05) is 23.7 Å². The van der Waals surface area contributed by atoms with E-state index in [1.54, 1.807) is 0 Å². The second-order valence-corrected chi connectivity index (χ2v) is 4.86. The summed E-state index contributed by atoms with van der Waals surface area (Å²) in [6, 6.07) is 7.39. The lowest BCUT2D eigenvalue weighted by Gasteiger charge is -2.21. The van der Waals surface area contributed by atoms with E-state index in [-0.39, 0.29) is 6.10 Å². The zero-order valence-corrected chi connectivity index (χ0v) is 11.1. The minimum absolute atomic E-state index is 0.0985. The molecule has 0 saturated carbocycles. The van der Waals surface area contributed by atoms with E-state index in [0.717, 1.165) is 25.3 Å². The van der Waals surface area contributed by atoms with Crippen molar-refractivity contribution < 1.29 is 9.26 Å². The lowest BCUT2D eigenvalue weighted by Crippen LogP contribution is -2.39. The molecule has 1 N–H and O–H groups in total. The molecule has 6 heteroatoms. The van der Waals surface area contributed by atoms with E-state index in [9.17, 15) is 0 Å². The normalized spacial score (nSPS) is 19.5. The van der Waals surface area contributed by atoms with Crippen molar-refractivity contribution in [2.45, 2.75) is 12.5 Å². The summed E-state index contributed by atoms with van der Waals surface area (Å²) in [6.07, 6.45) is 0.724. The zero-order valence-electron chi connectivity index (χ0n) is 10.3. The van der Waals surface area contributed by atoms with Gasteiger partial charge in [-0.2, -0.15) is 4.98 Å². The summed E-state index contributed by atoms with van der Waals surface area (Å²) in [5, 5.41) is 7.90. The van der Waals surface area contributed by atoms with Gasteiger partial charge >= 0.3 is 0 Å². The number of hydrogen-bond acceptors (Lipinski definition) is 5. The monoisotopic (exact) mass is 279 g/mol. The third-order valence-corrected chi connectivity index (χ3v) is 3.19. The van der Waals surface area contributed by atoms with E-state index >= 15 is 0 Å². The quantitative estimate of drug-likeness (QED) is 0.930. The second kappa shape index (κ2) is 5.69. The Hall–Kier alpha value is -1.43. The van der Waals surface area contributed by atoms with Crippen molar-refractivity contribution in [3.63, 3.8) is 0 Å². The largest absolute Gasteiger partial charge is 0.375 e. The molecule has 2 aromatic rings. The third kappa shape index (κ3) is 3.12. The Balaban J connectivity index is 1.72. The van der Waals surface area contributed by atoms with Crippen LogP contribution in [0.25, 0.3) is 11.4 Å². The maximum absolute atomic E-state index is 5.94. The van der Waals surface area contributed by atoms with Crippen molar-refractivity contribution in [1.82, 2.24) is 15.5 Å². The molecule has 19 heavy (non-hydrogen) atoms. The zero-order chi connectivity index (χ0) is 13.1. The molecule has 2 heterocycles. The number of nitrogens with one attached hydrogen (secondary N) is 1. The third-order valence-electron chi connectivity index (χ3n) is 2.96. The predicted molar refractivity (Wildman–Crippen MR) is 71.1 cm³/mol. The lowest BCUT2D eigenvalue weighted by atomic mass is 10.2. The van der Waals surface area contributed by atoms with Crippen molar-refractivity contribution >= 4 is 11.6 Å². The molecule has 1 atom stereocenters. The Morgan fingerprint density at radius 3 is 3.16 bits per heavy atom. The summed E-state index contributed by atoms with van der Waals surface area (Å²) in [5.41, 5.74) is 0.852. The smallest absolute Gasteiger partial charge is 0.229 e. The van der Waals surface area contributed by atoms with Crippen molar-refractivity contribution in [3.8, 4) is 11.4 Å². The van der Waals surface area contributed by atoms with Crippen molar-refractivity contribution in [3.05, 3.63) is 35.2 Å². The van der Waals surface area contributed by atoms with Gasteiger partial charge in [-0.3, -0.25) is 0 Å². The molecule has 1 unspecified atom stereocenters. The molecule has 1 aromatic heterocycles. The van der Waals surface area contributed by atoms with Gasteiger partial charge in [-0.15, -0.1) is 0 Å². The van der Waals surface area contributed by atoms with Gasteiger partial charge in [0.1, 0.15) is 0 Å². The molecule has 0 spiro atoms. The highest BCUT2D eigenvalue weighted by Gasteiger charge is 2.18. The number of hydrogen-bond donors (Lipinski definition) is 1. The maximum atomic E-state index is 5.94. The molecule has 0 bridgehead atoms. The van der Waals surface area contributed by atoms with Crippen LogP contribution in [0, 0.1) is 0 Å². The number of benzene rings is 1. The number of morpholine rings is 1. The van der Waals surface area contributed by atoms with Gasteiger partial charge in [0.15, 0.2) is 0 Å². The van der Waals surface area contributed by atoms with Crippen LogP contribution in [0.3, 0.4) is 0 Å². The van der Waals surface area contributed by atoms with Crippen LogP contribution in [0.2, 0.25) is 5.02 Å². The summed E-state index contributed by atoms with van der Waals surface area (Å²) in [5.74, 6) is 1.14. The Kier molecular flexibility index (Phi) is 3.77. The first-order valence-corrected chi connectivity index (χ1v) is 6.60. The van der Waals surface area contributed by atoms with E-state index in [0.29, 0.717) is 23.2 Å². The molecule has 5 nitrogen and oxygen atoms in total. The van der Waals surface area contributed by atoms with Gasteiger partial charge in [-0.05, 0) is 12.1 Å². The van der Waals surface area contributed by atoms with E-state index in [1.165, 1.54) is 0 Å². The minimum Gasteiger partial charge on any atom is -0.375 e. The van der Waals surface area contributed by atoms with Crippen LogP contribution in [0.4, 0.5) is 0 Å². The second-order valence-electron chi connectivity index (χ2n) is 4.42. The molecule has 1 aromatic carbocycles. The Labute approximate surface area is 115 Å². The molecular weight excluding hydrogens is 266 g/mol. The highest BCUT2D eigenvalue weighted by Crippen LogP contribution is 2.20. The van der Waals surface area contributed by atoms with Gasteiger partial charge in [0.25, 0.3) is 0 Å². The summed E-state index contributed by atoms with van der Waals surface area (Å²) in [4.78, 5) is 4.37. The van der Waals surface area contributed by atoms with Crippen LogP contribution in [-0.4, -0.2) is 35.9 Å². The minimum atomic E-state index is 0.0985. The number of nitrogens with zero attached hydrogens (tertiary/aromatic N) is 2. The van der Waals surface area contributed by atoms with Crippen LogP contribution in [-0.2, 0) is 11.2 Å². The van der Waals surface area contributed by atoms with Crippen LogP contribution in [0.1, 0.15) is 5.89 Å². The predicted octanol–water partition coefficient (Wildman–Crippen LogP) is 1.92. The van der Waals surface area contributed by atoms with Crippen LogP contribution >= 0.6 is 11.6 Å². The van der Waals surface area contributed by atoms with Gasteiger partial charge in [-0.25, -0.2) is 0 Å². The van der Waals surface area contributed by atoms with E-state index in [2.05, 4.69) is 15.5 Å². The fourth-order valence-electron chi connectivity index (χ4n) is 2.03. The van der Waals surface area contributed by atoms with Crippen molar-refractivity contribution in [2.24, 2.45) is 0 Å². The van der Waals surface area contributed by atoms with Crippen LogP contribution in [0.15, 0.2) is 28.8 Å². The number of halogens is 1. The molecular formula is C13H14ClN3O2. The maximum Gasteiger partial charge on any atom is 0.229 e. The van der Waals surface area contributed by atoms with Gasteiger partial charge in [0.05, 0.1) is 19.1 Å². The lowest BCUT2D eigenvalue weighted by molar-refractivity contribution is 0.0246. The molecule has 1 aliphatic heterocycles. The first kappa shape index (κ1) is 12.6. The fourth-order valence-corrected chi connectivity index (χ4v) is 2.22. The Morgan fingerprint density at radius 2 is 2.37 bits per heavy atom. The molecule has 0 radical (unpaired) electrons. The average Bonchev–Trinajstić information content (AvgIpc) is 2.88. The van der Waals surface area contributed by atoms with Gasteiger partial charge < -0.3 is 14.6 Å². The summed E-state index contributed by atoms with van der Waals surface area (Å²) in [7, 11) is 0. The Morgan fingerprint density at radius 1 is 1.42 bits per heavy atom. The number of aromatic nitrogens is 2. The standard InChI is InChI=1S/C13H14ClN3O2/c14-10-3-1-2-9(6-10)13-16-12(19-17-13)7-11-8-15-4-5-18-11/h1-3,6,11,15H,4-5,7-8H2. The molecule has 100 valence electrons. The molecule has 1 saturated heterocycles. The van der Waals surface area contributed by atoms with E-state index in [1.807, 2.05) is 24.3 Å². The summed E-state index contributed by atoms with van der Waals surface area (Å²) in [6.45, 7) is 2.43. The van der Waals surface area contributed by atoms with Crippen molar-refractivity contribution in [2.75, 3.05) is 19.7 Å². The van der Waals surface area contributed by atoms with Gasteiger partial charge in [0.2, 0.25) is 11.7 Å². The van der Waals surface area contributed by atoms with E-state index < -0.39 is 0 Å². The summed E-state index contributed by atoms with van der Waals surface area (Å²) >= 11 is 5.94. The van der Waals surface area contributed by atoms with Crippen LogP contribution in [0.5, 0.6) is 0 Å². The first-order valence-electron chi connectivity index (χ1n) is 6.22. The topological polar surface area (TPSA) is 60.2 Å². The highest BCUT2D eigenvalue weighted by atomic mass is 35.5. The van der Waals surface area contributed by atoms with E-state index in [4.69, 9.17) is 20.9 Å². The average molecular weight is 280 g/mol. The number of rotatable bonds is 3. The molecule has 1 fully saturated rings. The summed E-state index contributed by atoms with van der Waals surface area (Å²) < 4.78 is 10.9. The fraction of sp³-hybridized carbons (Fsp3) is 0.385. The van der Waals surface area contributed by atoms with Gasteiger partial charge in [-0.1, -0.05) is 28.9 Å². The SMILES string of the molecule is Clc1cccc(-c2noc(CC3CNCCO3)n2)c1. The van der Waals surface area contributed by atoms with Crippen LogP contribution < -0.4 is 5.32 Å². The Bertz CT molecular complexity index is 552. The highest BCUT2D eigenvalue weighted by molar-refractivity contribution is 6.30. The number of ether oxygens (including phenoxy) is 1. The van der Waals surface area contributed by atoms with Crippen molar-refractivity contribution in [1.29, 1.82) is 0 Å². The molecule has 3 rings (SSSR count). The molecule has 1 aliphatic rings. The molecule has 0 amide bonds. The first-order chi connectivity index (χ1) is 9.31.